The Bertz CT molecular complexity index is 653. The van der Waals surface area contributed by atoms with E-state index in [2.05, 4.69) is 6.07 Å². The average Bonchev–Trinajstić information content (AvgIpc) is 2.80. The first-order valence-electron chi connectivity index (χ1n) is 7.24. The van der Waals surface area contributed by atoms with Gasteiger partial charge in [0.15, 0.2) is 0 Å². The fraction of sp³-hybridized carbons (Fsp3) is 0.375. The van der Waals surface area contributed by atoms with E-state index in [9.17, 15) is 9.67 Å². The minimum Gasteiger partial charge on any atom is -0.508 e. The first kappa shape index (κ1) is 17.2. The maximum absolute atomic E-state index is 12.8. The van der Waals surface area contributed by atoms with E-state index in [1.54, 1.807) is 23.5 Å². The summed E-state index contributed by atoms with van der Waals surface area (Å²) in [5, 5.41) is 9.42. The summed E-state index contributed by atoms with van der Waals surface area (Å²) in [6.45, 7) is 6.36. The van der Waals surface area contributed by atoms with Crippen molar-refractivity contribution in [1.82, 2.24) is 0 Å². The normalized spacial score (nSPS) is 11.8. The van der Waals surface area contributed by atoms with Gasteiger partial charge in [0, 0.05) is 9.75 Å². The number of hydrogen-bond donors (Lipinski definition) is 1. The minimum absolute atomic E-state index is 0.228. The summed E-state index contributed by atoms with van der Waals surface area (Å²) in [5.74, 6) is 0.228. The third kappa shape index (κ3) is 4.20. The summed E-state index contributed by atoms with van der Waals surface area (Å²) >= 11 is 1.60. The third-order valence-corrected chi connectivity index (χ3v) is 6.37. The van der Waals surface area contributed by atoms with Gasteiger partial charge in [0.05, 0.1) is 19.4 Å². The average molecular weight is 340 g/mol. The van der Waals surface area contributed by atoms with Crippen LogP contribution in [0.5, 0.6) is 5.75 Å². The first-order chi connectivity index (χ1) is 10.5. The summed E-state index contributed by atoms with van der Waals surface area (Å²) in [6.07, 6.45) is 0.267. The van der Waals surface area contributed by atoms with Crippen LogP contribution in [0.3, 0.4) is 0 Å². The van der Waals surface area contributed by atoms with E-state index in [1.165, 1.54) is 0 Å². The lowest BCUT2D eigenvalue weighted by Crippen LogP contribution is -1.98. The van der Waals surface area contributed by atoms with Crippen LogP contribution in [0.25, 0.3) is 11.1 Å². The van der Waals surface area contributed by atoms with Gasteiger partial charge in [-0.15, -0.1) is 11.3 Å². The Labute approximate surface area is 135 Å². The fourth-order valence-corrected chi connectivity index (χ4v) is 5.41. The van der Waals surface area contributed by atoms with Gasteiger partial charge in [-0.3, -0.25) is 4.57 Å². The molecule has 2 aromatic rings. The van der Waals surface area contributed by atoms with Crippen molar-refractivity contribution >= 4 is 18.9 Å². The molecule has 0 saturated carbocycles. The molecule has 1 aromatic carbocycles. The van der Waals surface area contributed by atoms with Crippen molar-refractivity contribution in [3.63, 3.8) is 0 Å². The van der Waals surface area contributed by atoms with Gasteiger partial charge in [-0.1, -0.05) is 12.1 Å². The highest BCUT2D eigenvalue weighted by Gasteiger charge is 2.27. The molecule has 22 heavy (non-hydrogen) atoms. The number of thiophene rings is 1. The van der Waals surface area contributed by atoms with Gasteiger partial charge in [-0.2, -0.15) is 0 Å². The van der Waals surface area contributed by atoms with Crippen molar-refractivity contribution in [2.75, 3.05) is 13.2 Å². The second-order valence-corrected chi connectivity index (χ2v) is 8.24. The zero-order valence-electron chi connectivity index (χ0n) is 13.0. The molecule has 2 rings (SSSR count). The molecule has 6 heteroatoms. The monoisotopic (exact) mass is 340 g/mol. The third-order valence-electron chi connectivity index (χ3n) is 3.10. The molecule has 0 aliphatic heterocycles. The number of aromatic hydroxyl groups is 1. The molecule has 0 aliphatic rings. The fourth-order valence-electron chi connectivity index (χ4n) is 2.26. The Morgan fingerprint density at radius 1 is 1.14 bits per heavy atom. The minimum atomic E-state index is -3.12. The van der Waals surface area contributed by atoms with E-state index in [4.69, 9.17) is 9.05 Å². The number of benzene rings is 1. The standard InChI is InChI=1S/C16H21O4PS/c1-4-19-21(18,20-5-2)11-16-15(10-12(3)22-16)13-6-8-14(17)9-7-13/h6-10,17H,4-5,11H2,1-3H3. The van der Waals surface area contributed by atoms with Gasteiger partial charge < -0.3 is 14.2 Å². The number of phenolic OH excluding ortho intramolecular Hbond substituents is 1. The molecule has 1 heterocycles. The van der Waals surface area contributed by atoms with Crippen LogP contribution in [0, 0.1) is 6.92 Å². The van der Waals surface area contributed by atoms with Gasteiger partial charge >= 0.3 is 7.60 Å². The van der Waals surface area contributed by atoms with Crippen LogP contribution < -0.4 is 0 Å². The maximum atomic E-state index is 12.8. The Morgan fingerprint density at radius 3 is 2.27 bits per heavy atom. The lowest BCUT2D eigenvalue weighted by Gasteiger charge is -2.17. The molecule has 1 N–H and O–H groups in total. The molecule has 0 bridgehead atoms. The molecule has 0 atom stereocenters. The van der Waals surface area contributed by atoms with Crippen molar-refractivity contribution in [2.45, 2.75) is 26.9 Å². The van der Waals surface area contributed by atoms with Crippen LogP contribution in [-0.4, -0.2) is 18.3 Å². The van der Waals surface area contributed by atoms with Crippen molar-refractivity contribution < 1.29 is 18.7 Å². The van der Waals surface area contributed by atoms with Gasteiger partial charge in [-0.25, -0.2) is 0 Å². The second kappa shape index (κ2) is 7.42. The van der Waals surface area contributed by atoms with E-state index in [0.29, 0.717) is 13.2 Å². The molecule has 0 unspecified atom stereocenters. The molecule has 0 fully saturated rings. The number of phenols is 1. The lowest BCUT2D eigenvalue weighted by molar-refractivity contribution is 0.219. The number of hydrogen-bond acceptors (Lipinski definition) is 5. The van der Waals surface area contributed by atoms with Gasteiger partial charge in [0.25, 0.3) is 0 Å². The summed E-state index contributed by atoms with van der Waals surface area (Å²) in [7, 11) is -3.12. The summed E-state index contributed by atoms with van der Waals surface area (Å²) in [5.41, 5.74) is 2.00. The number of rotatable bonds is 7. The molecule has 1 aromatic heterocycles. The smallest absolute Gasteiger partial charge is 0.335 e. The Kier molecular flexibility index (Phi) is 5.81. The SMILES string of the molecule is CCOP(=O)(Cc1sc(C)cc1-c1ccc(O)cc1)OCC. The van der Waals surface area contributed by atoms with Crippen molar-refractivity contribution in [3.8, 4) is 16.9 Å². The topological polar surface area (TPSA) is 55.8 Å². The summed E-state index contributed by atoms with van der Waals surface area (Å²) in [4.78, 5) is 2.12. The molecular weight excluding hydrogens is 319 g/mol. The lowest BCUT2D eigenvalue weighted by atomic mass is 10.1. The van der Waals surface area contributed by atoms with Crippen LogP contribution in [0.1, 0.15) is 23.6 Å². The van der Waals surface area contributed by atoms with Crippen LogP contribution in [0.4, 0.5) is 0 Å². The predicted octanol–water partition coefficient (Wildman–Crippen LogP) is 5.20. The van der Waals surface area contributed by atoms with Gasteiger partial charge in [-0.05, 0) is 50.1 Å². The zero-order chi connectivity index (χ0) is 16.2. The van der Waals surface area contributed by atoms with E-state index in [-0.39, 0.29) is 11.9 Å². The highest BCUT2D eigenvalue weighted by molar-refractivity contribution is 7.53. The maximum Gasteiger partial charge on any atom is 0.335 e. The second-order valence-electron chi connectivity index (χ2n) is 4.85. The van der Waals surface area contributed by atoms with Gasteiger partial charge in [0.2, 0.25) is 0 Å². The van der Waals surface area contributed by atoms with Crippen molar-refractivity contribution in [1.29, 1.82) is 0 Å². The van der Waals surface area contributed by atoms with E-state index < -0.39 is 7.60 Å². The van der Waals surface area contributed by atoms with Crippen molar-refractivity contribution in [2.24, 2.45) is 0 Å². The Morgan fingerprint density at radius 2 is 1.73 bits per heavy atom. The Hall–Kier alpha value is -1.13. The quantitative estimate of drug-likeness (QED) is 0.704. The Balaban J connectivity index is 2.35. The highest BCUT2D eigenvalue weighted by Crippen LogP contribution is 2.53. The molecule has 0 saturated heterocycles. The predicted molar refractivity (Wildman–Crippen MR) is 90.7 cm³/mol. The van der Waals surface area contributed by atoms with Crippen LogP contribution in [0.15, 0.2) is 30.3 Å². The first-order valence-corrected chi connectivity index (χ1v) is 9.78. The molecular formula is C16H21O4PS. The van der Waals surface area contributed by atoms with E-state index >= 15 is 0 Å². The largest absolute Gasteiger partial charge is 0.508 e. The van der Waals surface area contributed by atoms with Crippen molar-refractivity contribution in [3.05, 3.63) is 40.1 Å². The van der Waals surface area contributed by atoms with E-state index in [0.717, 1.165) is 20.9 Å². The number of aryl methyl sites for hydroxylation is 1. The van der Waals surface area contributed by atoms with Crippen LogP contribution in [-0.2, 0) is 19.8 Å². The zero-order valence-corrected chi connectivity index (χ0v) is 14.7. The molecule has 0 radical (unpaired) electrons. The summed E-state index contributed by atoms with van der Waals surface area (Å²) < 4.78 is 23.5. The highest BCUT2D eigenvalue weighted by atomic mass is 32.1. The molecule has 4 nitrogen and oxygen atoms in total. The van der Waals surface area contributed by atoms with Crippen LogP contribution in [0.2, 0.25) is 0 Å². The van der Waals surface area contributed by atoms with Crippen LogP contribution >= 0.6 is 18.9 Å². The molecule has 120 valence electrons. The molecule has 0 amide bonds. The molecule has 0 spiro atoms. The molecule has 0 aliphatic carbocycles. The summed E-state index contributed by atoms with van der Waals surface area (Å²) in [6, 6.07) is 9.07. The van der Waals surface area contributed by atoms with E-state index in [1.807, 2.05) is 32.9 Å². The van der Waals surface area contributed by atoms with Gasteiger partial charge in [0.1, 0.15) is 5.75 Å².